The number of methoxy groups -OCH3 is 1. The van der Waals surface area contributed by atoms with Gasteiger partial charge in [0.15, 0.2) is 0 Å². The Bertz CT molecular complexity index is 731. The van der Waals surface area contributed by atoms with Gasteiger partial charge in [0.05, 0.1) is 31.0 Å². The van der Waals surface area contributed by atoms with Crippen LogP contribution in [-0.2, 0) is 11.3 Å². The zero-order valence-corrected chi connectivity index (χ0v) is 14.6. The summed E-state index contributed by atoms with van der Waals surface area (Å²) in [5.74, 6) is 0.263. The lowest BCUT2D eigenvalue weighted by molar-refractivity contribution is -0.131. The number of likely N-dealkylation sites (tertiary alicyclic amines) is 1. The van der Waals surface area contributed by atoms with Crippen LogP contribution < -0.4 is 10.1 Å². The molecule has 2 N–H and O–H groups in total. The first-order chi connectivity index (χ1) is 12.1. The molecule has 1 aliphatic heterocycles. The van der Waals surface area contributed by atoms with Crippen LogP contribution in [0.4, 0.5) is 0 Å². The first-order valence-electron chi connectivity index (χ1n) is 8.39. The molecule has 7 heteroatoms. The van der Waals surface area contributed by atoms with Crippen molar-refractivity contribution in [3.63, 3.8) is 0 Å². The van der Waals surface area contributed by atoms with Crippen LogP contribution in [-0.4, -0.2) is 59.0 Å². The van der Waals surface area contributed by atoms with Gasteiger partial charge >= 0.3 is 0 Å². The fraction of sp³-hybridized carbons (Fsp3) is 0.444. The molecule has 1 fully saturated rings. The average Bonchev–Trinajstić information content (AvgIpc) is 3.11. The quantitative estimate of drug-likeness (QED) is 0.839. The number of ether oxygens (including phenoxy) is 1. The molecule has 1 aromatic carbocycles. The molecule has 2 aromatic rings. The van der Waals surface area contributed by atoms with Gasteiger partial charge in [-0.05, 0) is 25.6 Å². The normalized spacial score (nSPS) is 21.1. The Balaban J connectivity index is 1.60. The van der Waals surface area contributed by atoms with Crippen LogP contribution in [0.15, 0.2) is 36.7 Å². The van der Waals surface area contributed by atoms with E-state index in [0.29, 0.717) is 19.5 Å². The summed E-state index contributed by atoms with van der Waals surface area (Å²) in [6.45, 7) is 1.78. The molecule has 1 amide bonds. The van der Waals surface area contributed by atoms with Crippen molar-refractivity contribution in [2.75, 3.05) is 27.2 Å². The fourth-order valence-corrected chi connectivity index (χ4v) is 3.03. The number of hydrogen-bond acceptors (Lipinski definition) is 5. The van der Waals surface area contributed by atoms with Gasteiger partial charge in [0.25, 0.3) is 0 Å². The lowest BCUT2D eigenvalue weighted by atomic mass is 9.94. The van der Waals surface area contributed by atoms with E-state index in [1.165, 1.54) is 0 Å². The number of nitrogens with zero attached hydrogens (tertiary/aromatic N) is 3. The fourth-order valence-electron chi connectivity index (χ4n) is 3.03. The predicted octanol–water partition coefficient (Wildman–Crippen LogP) is 0.810. The van der Waals surface area contributed by atoms with Crippen molar-refractivity contribution in [2.24, 2.45) is 5.92 Å². The molecule has 1 aliphatic rings. The highest BCUT2D eigenvalue weighted by molar-refractivity contribution is 5.79. The molecular weight excluding hydrogens is 320 g/mol. The molecule has 1 aromatic heterocycles. The highest BCUT2D eigenvalue weighted by atomic mass is 16.5. The number of aliphatic hydroxyl groups is 1. The Kier molecular flexibility index (Phi) is 5.35. The van der Waals surface area contributed by atoms with E-state index >= 15 is 0 Å². The topological polar surface area (TPSA) is 79.6 Å². The number of rotatable bonds is 5. The van der Waals surface area contributed by atoms with Crippen LogP contribution in [0.3, 0.4) is 0 Å². The molecular formula is C18H24N4O3. The number of nitrogens with one attached hydrogen (secondary N) is 1. The number of amides is 1. The minimum Gasteiger partial charge on any atom is -0.497 e. The van der Waals surface area contributed by atoms with Gasteiger partial charge < -0.3 is 20.1 Å². The van der Waals surface area contributed by atoms with Gasteiger partial charge in [-0.25, -0.2) is 4.68 Å². The summed E-state index contributed by atoms with van der Waals surface area (Å²) in [7, 11) is 3.59. The first kappa shape index (κ1) is 17.4. The standard InChI is InChI=1S/C18H24N4O3/c1-21-7-6-17(23)16(12-21)18(24)19-9-13-10-20-22(11-13)14-4-3-5-15(8-14)25-2/h3-5,8,10-11,16-17,23H,6-7,9,12H2,1-2H3,(H,19,24)/t16-,17-/m1/s1. The van der Waals surface area contributed by atoms with Crippen LogP contribution in [0, 0.1) is 5.92 Å². The van der Waals surface area contributed by atoms with Crippen molar-refractivity contribution in [2.45, 2.75) is 19.1 Å². The zero-order valence-electron chi connectivity index (χ0n) is 14.6. The number of carbonyl (C=O) groups is 1. The third-order valence-electron chi connectivity index (χ3n) is 4.54. The number of aromatic nitrogens is 2. The SMILES string of the molecule is COc1cccc(-n2cc(CNC(=O)[C@@H]3CN(C)CC[C@H]3O)cn2)c1. The number of aliphatic hydroxyl groups excluding tert-OH is 1. The number of benzene rings is 1. The maximum atomic E-state index is 12.3. The van der Waals surface area contributed by atoms with Crippen molar-refractivity contribution in [3.05, 3.63) is 42.2 Å². The van der Waals surface area contributed by atoms with Gasteiger partial charge in [-0.15, -0.1) is 0 Å². The van der Waals surface area contributed by atoms with E-state index in [4.69, 9.17) is 4.74 Å². The van der Waals surface area contributed by atoms with E-state index in [2.05, 4.69) is 15.3 Å². The molecule has 0 radical (unpaired) electrons. The van der Waals surface area contributed by atoms with E-state index in [9.17, 15) is 9.90 Å². The molecule has 25 heavy (non-hydrogen) atoms. The van der Waals surface area contributed by atoms with E-state index in [-0.39, 0.29) is 11.8 Å². The van der Waals surface area contributed by atoms with Crippen molar-refractivity contribution in [3.8, 4) is 11.4 Å². The minimum atomic E-state index is -0.573. The Morgan fingerprint density at radius 1 is 1.48 bits per heavy atom. The maximum Gasteiger partial charge on any atom is 0.227 e. The number of hydrogen-bond donors (Lipinski definition) is 2. The lowest BCUT2D eigenvalue weighted by Crippen LogP contribution is -2.48. The molecule has 2 atom stereocenters. The molecule has 0 bridgehead atoms. The van der Waals surface area contributed by atoms with E-state index in [0.717, 1.165) is 23.5 Å². The minimum absolute atomic E-state index is 0.117. The molecule has 134 valence electrons. The van der Waals surface area contributed by atoms with Gasteiger partial charge in [-0.2, -0.15) is 5.10 Å². The second-order valence-corrected chi connectivity index (χ2v) is 6.44. The lowest BCUT2D eigenvalue weighted by Gasteiger charge is -2.32. The molecule has 0 unspecified atom stereocenters. The summed E-state index contributed by atoms with van der Waals surface area (Å²) < 4.78 is 6.97. The van der Waals surface area contributed by atoms with Gasteiger partial charge in [-0.1, -0.05) is 6.07 Å². The average molecular weight is 344 g/mol. The monoisotopic (exact) mass is 344 g/mol. The van der Waals surface area contributed by atoms with Crippen LogP contribution >= 0.6 is 0 Å². The predicted molar refractivity (Wildman–Crippen MR) is 93.6 cm³/mol. The van der Waals surface area contributed by atoms with Crippen LogP contribution in [0.1, 0.15) is 12.0 Å². The summed E-state index contributed by atoms with van der Waals surface area (Å²) in [6, 6.07) is 7.61. The van der Waals surface area contributed by atoms with E-state index < -0.39 is 6.10 Å². The van der Waals surface area contributed by atoms with Crippen LogP contribution in [0.2, 0.25) is 0 Å². The smallest absolute Gasteiger partial charge is 0.227 e. The van der Waals surface area contributed by atoms with Gasteiger partial charge in [0, 0.05) is 37.5 Å². The molecule has 0 spiro atoms. The highest BCUT2D eigenvalue weighted by Crippen LogP contribution is 2.18. The molecule has 2 heterocycles. The summed E-state index contributed by atoms with van der Waals surface area (Å²) in [6.07, 6.45) is 3.65. The van der Waals surface area contributed by atoms with Crippen molar-refractivity contribution in [1.29, 1.82) is 0 Å². The number of carbonyl (C=O) groups excluding carboxylic acids is 1. The van der Waals surface area contributed by atoms with E-state index in [1.54, 1.807) is 18.0 Å². The maximum absolute atomic E-state index is 12.3. The molecule has 1 saturated heterocycles. The third-order valence-corrected chi connectivity index (χ3v) is 4.54. The first-order valence-corrected chi connectivity index (χ1v) is 8.39. The Labute approximate surface area is 147 Å². The van der Waals surface area contributed by atoms with Gasteiger partial charge in [-0.3, -0.25) is 4.79 Å². The Morgan fingerprint density at radius 3 is 3.12 bits per heavy atom. The zero-order chi connectivity index (χ0) is 17.8. The summed E-state index contributed by atoms with van der Waals surface area (Å²) in [4.78, 5) is 14.4. The van der Waals surface area contributed by atoms with Crippen molar-refractivity contribution >= 4 is 5.91 Å². The summed E-state index contributed by atoms with van der Waals surface area (Å²) in [5, 5.41) is 17.3. The second-order valence-electron chi connectivity index (χ2n) is 6.44. The van der Waals surface area contributed by atoms with Crippen molar-refractivity contribution < 1.29 is 14.6 Å². The van der Waals surface area contributed by atoms with Gasteiger partial charge in [0.1, 0.15) is 5.75 Å². The second kappa shape index (κ2) is 7.67. The summed E-state index contributed by atoms with van der Waals surface area (Å²) in [5.41, 5.74) is 1.79. The Hall–Kier alpha value is -2.38. The molecule has 3 rings (SSSR count). The van der Waals surface area contributed by atoms with E-state index in [1.807, 2.05) is 37.5 Å². The van der Waals surface area contributed by atoms with Gasteiger partial charge in [0.2, 0.25) is 5.91 Å². The molecule has 0 saturated carbocycles. The Morgan fingerprint density at radius 2 is 2.32 bits per heavy atom. The van der Waals surface area contributed by atoms with Crippen LogP contribution in [0.25, 0.3) is 5.69 Å². The molecule has 0 aliphatic carbocycles. The highest BCUT2D eigenvalue weighted by Gasteiger charge is 2.31. The summed E-state index contributed by atoms with van der Waals surface area (Å²) >= 11 is 0. The third kappa shape index (κ3) is 4.18. The van der Waals surface area contributed by atoms with Crippen molar-refractivity contribution in [1.82, 2.24) is 20.0 Å². The largest absolute Gasteiger partial charge is 0.497 e. The van der Waals surface area contributed by atoms with Crippen LogP contribution in [0.5, 0.6) is 5.75 Å². The number of piperidine rings is 1. The molecule has 7 nitrogen and oxygen atoms in total.